The quantitative estimate of drug-likeness (QED) is 0.0222. The van der Waals surface area contributed by atoms with Gasteiger partial charge in [-0.15, -0.1) is 0 Å². The van der Waals surface area contributed by atoms with Crippen LogP contribution in [0, 0.1) is 23.7 Å². The van der Waals surface area contributed by atoms with Crippen LogP contribution in [0.4, 0.5) is 0 Å². The van der Waals surface area contributed by atoms with Gasteiger partial charge in [0, 0.05) is 25.7 Å². The third-order valence-electron chi connectivity index (χ3n) is 17.7. The van der Waals surface area contributed by atoms with Gasteiger partial charge in [-0.1, -0.05) is 306 Å². The number of ether oxygens (including phenoxy) is 4. The Hall–Kier alpha value is -1.94. The number of aliphatic hydroxyl groups excluding tert-OH is 1. The fraction of sp³-hybridized carbons (Fsp3) is 0.944. The van der Waals surface area contributed by atoms with E-state index in [-0.39, 0.29) is 25.7 Å². The monoisotopic (exact) mass is 1340 g/mol. The van der Waals surface area contributed by atoms with Crippen LogP contribution in [0.2, 0.25) is 0 Å². The molecule has 0 heterocycles. The van der Waals surface area contributed by atoms with Gasteiger partial charge in [-0.25, -0.2) is 9.13 Å². The van der Waals surface area contributed by atoms with E-state index < -0.39 is 97.5 Å². The van der Waals surface area contributed by atoms with E-state index in [0.29, 0.717) is 31.6 Å². The van der Waals surface area contributed by atoms with Crippen molar-refractivity contribution in [1.82, 2.24) is 0 Å². The molecule has 0 saturated carbocycles. The van der Waals surface area contributed by atoms with Gasteiger partial charge in [0.15, 0.2) is 12.2 Å². The van der Waals surface area contributed by atoms with Crippen molar-refractivity contribution in [3.05, 3.63) is 0 Å². The number of rotatable bonds is 69. The van der Waals surface area contributed by atoms with Crippen LogP contribution in [0.15, 0.2) is 0 Å². The highest BCUT2D eigenvalue weighted by Gasteiger charge is 2.30. The van der Waals surface area contributed by atoms with Crippen LogP contribution in [0.25, 0.3) is 0 Å². The van der Waals surface area contributed by atoms with E-state index in [2.05, 4.69) is 55.4 Å². The average molecular weight is 1340 g/mol. The lowest BCUT2D eigenvalue weighted by atomic mass is 9.99. The summed E-state index contributed by atoms with van der Waals surface area (Å²) in [5.74, 6) is 0.867. The van der Waals surface area contributed by atoms with Gasteiger partial charge in [-0.2, -0.15) is 0 Å². The number of carbonyl (C=O) groups is 4. The Morgan fingerprint density at radius 2 is 0.527 bits per heavy atom. The second-order valence-corrected chi connectivity index (χ2v) is 30.1. The molecule has 0 aromatic carbocycles. The molecule has 0 saturated heterocycles. The molecule has 540 valence electrons. The first-order chi connectivity index (χ1) is 43.7. The van der Waals surface area contributed by atoms with Crippen LogP contribution in [0.1, 0.15) is 357 Å². The van der Waals surface area contributed by atoms with Crippen LogP contribution in [-0.2, 0) is 65.4 Å². The molecule has 91 heavy (non-hydrogen) atoms. The SMILES string of the molecule is CCC(C)CCCCCCCCCCCCCCCCCCCCC(=O)O[C@H](COC(=O)CCCCCCCCC(C)C)COP(=O)(O)OC[C@H](O)COP(=O)(O)OC[C@@H](COC(=O)CCCCCCCCC(C)CC)OC(=O)CCCCCCCCC(C)CC. The molecule has 3 N–H and O–H groups in total. The summed E-state index contributed by atoms with van der Waals surface area (Å²) >= 11 is 0. The number of hydrogen-bond donors (Lipinski definition) is 3. The number of esters is 4. The average Bonchev–Trinajstić information content (AvgIpc) is 3.62. The van der Waals surface area contributed by atoms with E-state index in [0.717, 1.165) is 120 Å². The zero-order chi connectivity index (χ0) is 67.5. The van der Waals surface area contributed by atoms with E-state index in [1.54, 1.807) is 0 Å². The molecule has 0 amide bonds. The van der Waals surface area contributed by atoms with Crippen molar-refractivity contribution in [1.29, 1.82) is 0 Å². The molecule has 5 unspecified atom stereocenters. The number of hydrogen-bond acceptors (Lipinski definition) is 15. The highest BCUT2D eigenvalue weighted by Crippen LogP contribution is 2.45. The Morgan fingerprint density at radius 1 is 0.308 bits per heavy atom. The molecule has 0 radical (unpaired) electrons. The Kier molecular flexibility index (Phi) is 60.3. The Bertz CT molecular complexity index is 1800. The Labute approximate surface area is 556 Å². The molecule has 0 aliphatic rings. The minimum Gasteiger partial charge on any atom is -0.462 e. The van der Waals surface area contributed by atoms with Gasteiger partial charge in [-0.3, -0.25) is 37.3 Å². The first-order valence-corrected chi connectivity index (χ1v) is 40.3. The van der Waals surface area contributed by atoms with Gasteiger partial charge in [0.05, 0.1) is 26.4 Å². The van der Waals surface area contributed by atoms with Crippen LogP contribution in [0.3, 0.4) is 0 Å². The van der Waals surface area contributed by atoms with Crippen molar-refractivity contribution < 1.29 is 80.2 Å². The van der Waals surface area contributed by atoms with Gasteiger partial charge in [0.25, 0.3) is 0 Å². The number of phosphoric acid groups is 2. The molecule has 0 fully saturated rings. The summed E-state index contributed by atoms with van der Waals surface area (Å²) in [5.41, 5.74) is 0. The number of aliphatic hydroxyl groups is 1. The zero-order valence-electron chi connectivity index (χ0n) is 59.5. The Balaban J connectivity index is 5.13. The molecule has 0 rings (SSSR count). The summed E-state index contributed by atoms with van der Waals surface area (Å²) < 4.78 is 68.2. The predicted octanol–water partition coefficient (Wildman–Crippen LogP) is 20.5. The van der Waals surface area contributed by atoms with Crippen molar-refractivity contribution in [2.45, 2.75) is 375 Å². The molecular weight excluding hydrogens is 1200 g/mol. The lowest BCUT2D eigenvalue weighted by Crippen LogP contribution is -2.30. The first-order valence-electron chi connectivity index (χ1n) is 37.3. The van der Waals surface area contributed by atoms with Crippen molar-refractivity contribution >= 4 is 39.5 Å². The van der Waals surface area contributed by atoms with Gasteiger partial charge in [0.2, 0.25) is 0 Å². The van der Waals surface area contributed by atoms with Crippen LogP contribution in [-0.4, -0.2) is 96.7 Å². The van der Waals surface area contributed by atoms with Crippen molar-refractivity contribution in [3.8, 4) is 0 Å². The van der Waals surface area contributed by atoms with Crippen molar-refractivity contribution in [2.75, 3.05) is 39.6 Å². The summed E-state index contributed by atoms with van der Waals surface area (Å²) in [6, 6.07) is 0. The van der Waals surface area contributed by atoms with Gasteiger partial charge >= 0.3 is 39.5 Å². The van der Waals surface area contributed by atoms with E-state index >= 15 is 0 Å². The fourth-order valence-corrected chi connectivity index (χ4v) is 12.3. The van der Waals surface area contributed by atoms with Crippen LogP contribution in [0.5, 0.6) is 0 Å². The Morgan fingerprint density at radius 3 is 0.780 bits per heavy atom. The molecule has 17 nitrogen and oxygen atoms in total. The number of unbranched alkanes of at least 4 members (excludes halogenated alkanes) is 32. The molecule has 0 spiro atoms. The summed E-state index contributed by atoms with van der Waals surface area (Å²) in [6.45, 7) is 14.1. The zero-order valence-corrected chi connectivity index (χ0v) is 61.3. The van der Waals surface area contributed by atoms with E-state index in [4.69, 9.17) is 37.0 Å². The second-order valence-electron chi connectivity index (χ2n) is 27.2. The second kappa shape index (κ2) is 61.6. The summed E-state index contributed by atoms with van der Waals surface area (Å²) in [5, 5.41) is 10.6. The first kappa shape index (κ1) is 89.1. The van der Waals surface area contributed by atoms with Crippen molar-refractivity contribution in [2.24, 2.45) is 23.7 Å². The maximum atomic E-state index is 13.0. The van der Waals surface area contributed by atoms with Gasteiger partial charge in [-0.05, 0) is 49.4 Å². The van der Waals surface area contributed by atoms with Crippen LogP contribution >= 0.6 is 15.6 Å². The van der Waals surface area contributed by atoms with E-state index in [1.807, 2.05) is 0 Å². The van der Waals surface area contributed by atoms with Crippen molar-refractivity contribution in [3.63, 3.8) is 0 Å². The smallest absolute Gasteiger partial charge is 0.462 e. The molecule has 19 heteroatoms. The molecule has 0 bridgehead atoms. The minimum absolute atomic E-state index is 0.102. The number of carbonyl (C=O) groups excluding carboxylic acids is 4. The largest absolute Gasteiger partial charge is 0.472 e. The third kappa shape index (κ3) is 62.6. The summed E-state index contributed by atoms with van der Waals surface area (Å²) in [7, 11) is -9.90. The van der Waals surface area contributed by atoms with Gasteiger partial charge in [0.1, 0.15) is 19.3 Å². The topological polar surface area (TPSA) is 237 Å². The third-order valence-corrected chi connectivity index (χ3v) is 19.6. The highest BCUT2D eigenvalue weighted by molar-refractivity contribution is 7.47. The minimum atomic E-state index is -4.95. The molecule has 0 aliphatic heterocycles. The molecular formula is C72H140O17P2. The predicted molar refractivity (Wildman–Crippen MR) is 367 cm³/mol. The maximum Gasteiger partial charge on any atom is 0.472 e. The normalized spacial score (nSPS) is 15.1. The van der Waals surface area contributed by atoms with E-state index in [1.165, 1.54) is 148 Å². The molecule has 8 atom stereocenters. The molecule has 0 aromatic rings. The fourth-order valence-electron chi connectivity index (χ4n) is 10.7. The van der Waals surface area contributed by atoms with Crippen LogP contribution < -0.4 is 0 Å². The number of phosphoric ester groups is 2. The standard InChI is InChI=1S/C72H140O17P2/c1-9-63(6)49-41-33-24-22-20-18-16-14-12-13-15-17-19-21-23-25-38-46-54-71(76)88-67(58-82-69(74)52-44-36-29-26-32-40-48-62(4)5)60-86-90(78,79)84-56-66(73)57-85-91(80,81)87-61-68(89-72(77)55-47-39-31-28-35-43-51-65(8)11-3)59-83-70(75)53-45-37-30-27-34-42-50-64(7)10-2/h62-68,73H,9-61H2,1-8H3,(H,78,79)(H,80,81)/t63?,64?,65?,66-,67+,68+/m0/s1. The van der Waals surface area contributed by atoms with E-state index in [9.17, 15) is 43.2 Å². The summed E-state index contributed by atoms with van der Waals surface area (Å²) in [4.78, 5) is 72.5. The maximum absolute atomic E-state index is 13.0. The lowest BCUT2D eigenvalue weighted by Gasteiger charge is -2.21. The molecule has 0 aromatic heterocycles. The highest BCUT2D eigenvalue weighted by atomic mass is 31.2. The summed E-state index contributed by atoms with van der Waals surface area (Å²) in [6.07, 6.45) is 44.8. The molecule has 0 aliphatic carbocycles. The lowest BCUT2D eigenvalue weighted by molar-refractivity contribution is -0.161. The van der Waals surface area contributed by atoms with Gasteiger partial charge < -0.3 is 33.8 Å².